The third-order valence-electron chi connectivity index (χ3n) is 3.29. The molecular weight excluding hydrogens is 203 g/mol. The van der Waals surface area contributed by atoms with Crippen LogP contribution in [0.3, 0.4) is 0 Å². The molecule has 0 spiro atoms. The average molecular weight is 228 g/mol. The van der Waals surface area contributed by atoms with Crippen LogP contribution in [0.4, 0.5) is 4.39 Å². The van der Waals surface area contributed by atoms with E-state index in [0.717, 1.165) is 12.8 Å². The van der Waals surface area contributed by atoms with E-state index < -0.39 is 6.17 Å². The van der Waals surface area contributed by atoms with E-state index in [9.17, 15) is 4.39 Å². The van der Waals surface area contributed by atoms with Gasteiger partial charge in [-0.05, 0) is 51.9 Å². The van der Waals surface area contributed by atoms with E-state index in [1.54, 1.807) is 0 Å². The summed E-state index contributed by atoms with van der Waals surface area (Å²) in [5.41, 5.74) is 1.11. The van der Waals surface area contributed by atoms with Crippen LogP contribution < -0.4 is 0 Å². The summed E-state index contributed by atoms with van der Waals surface area (Å²) < 4.78 is 19.3. The van der Waals surface area contributed by atoms with E-state index in [-0.39, 0.29) is 11.5 Å². The monoisotopic (exact) mass is 228 g/mol. The minimum absolute atomic E-state index is 0.0988. The zero-order valence-corrected chi connectivity index (χ0v) is 11.1. The second-order valence-electron chi connectivity index (χ2n) is 6.04. The van der Waals surface area contributed by atoms with E-state index in [4.69, 9.17) is 4.74 Å². The third kappa shape index (κ3) is 4.25. The normalized spacial score (nSPS) is 31.8. The molecule has 0 aromatic rings. The fourth-order valence-electron chi connectivity index (χ4n) is 2.21. The molecule has 1 fully saturated rings. The van der Waals surface area contributed by atoms with Gasteiger partial charge in [0.2, 0.25) is 0 Å². The summed E-state index contributed by atoms with van der Waals surface area (Å²) in [6, 6.07) is 0. The molecule has 16 heavy (non-hydrogen) atoms. The Kier molecular flexibility index (Phi) is 4.54. The molecule has 0 heterocycles. The van der Waals surface area contributed by atoms with Crippen molar-refractivity contribution in [3.05, 3.63) is 12.2 Å². The summed E-state index contributed by atoms with van der Waals surface area (Å²) >= 11 is 0. The summed E-state index contributed by atoms with van der Waals surface area (Å²) in [6.45, 7) is 12.9. The lowest BCUT2D eigenvalue weighted by Crippen LogP contribution is -2.28. The lowest BCUT2D eigenvalue weighted by molar-refractivity contribution is -0.0107. The minimum Gasteiger partial charge on any atom is -0.376 e. The topological polar surface area (TPSA) is 9.23 Å². The van der Waals surface area contributed by atoms with Gasteiger partial charge in [-0.3, -0.25) is 0 Å². The Balaban J connectivity index is 2.34. The molecule has 3 unspecified atom stereocenters. The Hall–Kier alpha value is -0.370. The van der Waals surface area contributed by atoms with Gasteiger partial charge >= 0.3 is 0 Å². The van der Waals surface area contributed by atoms with Gasteiger partial charge in [-0.1, -0.05) is 19.1 Å². The Bertz CT molecular complexity index is 242. The highest BCUT2D eigenvalue weighted by Gasteiger charge is 2.29. The molecule has 0 radical (unpaired) electrons. The van der Waals surface area contributed by atoms with Crippen LogP contribution in [0.25, 0.3) is 0 Å². The molecule has 0 N–H and O–H groups in total. The highest BCUT2D eigenvalue weighted by Crippen LogP contribution is 2.36. The minimum atomic E-state index is -0.662. The fraction of sp³-hybridized carbons (Fsp3) is 0.857. The van der Waals surface area contributed by atoms with Crippen molar-refractivity contribution in [2.75, 3.05) is 6.61 Å². The third-order valence-corrected chi connectivity index (χ3v) is 3.29. The van der Waals surface area contributed by atoms with Crippen molar-refractivity contribution in [3.63, 3.8) is 0 Å². The summed E-state index contributed by atoms with van der Waals surface area (Å²) in [6.07, 6.45) is 1.71. The molecule has 94 valence electrons. The molecule has 0 aliphatic heterocycles. The predicted molar refractivity (Wildman–Crippen MR) is 66.2 cm³/mol. The van der Waals surface area contributed by atoms with E-state index in [1.807, 2.05) is 27.7 Å². The van der Waals surface area contributed by atoms with Crippen LogP contribution in [-0.4, -0.2) is 18.4 Å². The molecule has 1 nitrogen and oxygen atoms in total. The van der Waals surface area contributed by atoms with Gasteiger partial charge in [-0.2, -0.15) is 0 Å². The number of allylic oxidation sites excluding steroid dienone is 1. The maximum Gasteiger partial charge on any atom is 0.104 e. The van der Waals surface area contributed by atoms with Gasteiger partial charge in [0, 0.05) is 6.61 Å². The predicted octanol–water partition coefficient (Wildman–Crippen LogP) is 4.13. The van der Waals surface area contributed by atoms with Crippen molar-refractivity contribution in [2.24, 2.45) is 11.8 Å². The summed E-state index contributed by atoms with van der Waals surface area (Å²) in [5.74, 6) is 0.459. The molecule has 1 saturated carbocycles. The van der Waals surface area contributed by atoms with Gasteiger partial charge in [-0.15, -0.1) is 0 Å². The number of rotatable bonds is 3. The molecule has 1 aliphatic rings. The molecule has 3 atom stereocenters. The fourth-order valence-corrected chi connectivity index (χ4v) is 2.21. The van der Waals surface area contributed by atoms with Crippen LogP contribution in [0.1, 0.15) is 47.0 Å². The first kappa shape index (κ1) is 13.7. The zero-order chi connectivity index (χ0) is 12.3. The summed E-state index contributed by atoms with van der Waals surface area (Å²) in [7, 11) is 0. The number of alkyl halides is 1. The van der Waals surface area contributed by atoms with Crippen molar-refractivity contribution < 1.29 is 9.13 Å². The van der Waals surface area contributed by atoms with Gasteiger partial charge < -0.3 is 4.74 Å². The highest BCUT2D eigenvalue weighted by molar-refractivity contribution is 5.07. The average Bonchev–Trinajstić information content (AvgIpc) is 2.11. The molecule has 0 aromatic carbocycles. The molecule has 1 aliphatic carbocycles. The van der Waals surface area contributed by atoms with Gasteiger partial charge in [0.1, 0.15) is 6.17 Å². The summed E-state index contributed by atoms with van der Waals surface area (Å²) in [5, 5.41) is 0. The lowest BCUT2D eigenvalue weighted by atomic mass is 9.77. The molecule has 0 amide bonds. The van der Waals surface area contributed by atoms with Crippen LogP contribution in [-0.2, 0) is 4.74 Å². The number of hydrogen-bond donors (Lipinski definition) is 0. The summed E-state index contributed by atoms with van der Waals surface area (Å²) in [4.78, 5) is 0. The molecular formula is C14H25FO. The first-order valence-corrected chi connectivity index (χ1v) is 6.25. The lowest BCUT2D eigenvalue weighted by Gasteiger charge is -2.32. The number of hydrogen-bond acceptors (Lipinski definition) is 1. The molecule has 0 bridgehead atoms. The van der Waals surface area contributed by atoms with E-state index in [2.05, 4.69) is 6.58 Å². The number of ether oxygens (including phenoxy) is 1. The van der Waals surface area contributed by atoms with Crippen LogP contribution in [0.15, 0.2) is 12.2 Å². The molecule has 0 aromatic heterocycles. The first-order valence-electron chi connectivity index (χ1n) is 6.25. The van der Waals surface area contributed by atoms with Gasteiger partial charge in [0.05, 0.1) is 5.60 Å². The zero-order valence-electron chi connectivity index (χ0n) is 11.1. The molecule has 1 rings (SSSR count). The van der Waals surface area contributed by atoms with Crippen LogP contribution in [0, 0.1) is 11.8 Å². The smallest absolute Gasteiger partial charge is 0.104 e. The van der Waals surface area contributed by atoms with E-state index in [1.165, 1.54) is 5.57 Å². The highest BCUT2D eigenvalue weighted by atomic mass is 19.1. The van der Waals surface area contributed by atoms with E-state index in [0.29, 0.717) is 18.9 Å². The van der Waals surface area contributed by atoms with E-state index >= 15 is 0 Å². The molecule has 2 heteroatoms. The van der Waals surface area contributed by atoms with Crippen molar-refractivity contribution in [1.82, 2.24) is 0 Å². The largest absolute Gasteiger partial charge is 0.376 e. The SMILES string of the molecule is C=C1CC(C)C(F)CC1CCOC(C)(C)C. The number of halogens is 1. The standard InChI is InChI=1S/C14H25FO/c1-10-8-11(2)13(15)9-12(10)6-7-16-14(3,4)5/h11-13H,1,6-9H2,2-5H3. The van der Waals surface area contributed by atoms with Gasteiger partial charge in [0.15, 0.2) is 0 Å². The second kappa shape index (κ2) is 5.31. The maximum atomic E-state index is 13.6. The van der Waals surface area contributed by atoms with Crippen LogP contribution in [0.2, 0.25) is 0 Å². The van der Waals surface area contributed by atoms with Crippen LogP contribution in [0.5, 0.6) is 0 Å². The molecule has 0 saturated heterocycles. The Morgan fingerprint density at radius 2 is 2.06 bits per heavy atom. The van der Waals surface area contributed by atoms with Crippen molar-refractivity contribution in [2.45, 2.75) is 58.7 Å². The Labute approximate surface area is 99.1 Å². The van der Waals surface area contributed by atoms with Crippen molar-refractivity contribution in [1.29, 1.82) is 0 Å². The second-order valence-corrected chi connectivity index (χ2v) is 6.04. The maximum absolute atomic E-state index is 13.6. The van der Waals surface area contributed by atoms with Gasteiger partial charge in [0.25, 0.3) is 0 Å². The first-order chi connectivity index (χ1) is 7.29. The Morgan fingerprint density at radius 3 is 2.62 bits per heavy atom. The van der Waals surface area contributed by atoms with Crippen molar-refractivity contribution >= 4 is 0 Å². The Morgan fingerprint density at radius 1 is 1.44 bits per heavy atom. The van der Waals surface area contributed by atoms with Gasteiger partial charge in [-0.25, -0.2) is 4.39 Å². The van der Waals surface area contributed by atoms with Crippen LogP contribution >= 0.6 is 0 Å². The quantitative estimate of drug-likeness (QED) is 0.660. The van der Waals surface area contributed by atoms with Crippen molar-refractivity contribution in [3.8, 4) is 0 Å².